The molecule has 1 aliphatic heterocycles. The van der Waals surface area contributed by atoms with E-state index in [4.69, 9.17) is 14.0 Å². The molecule has 1 aromatic rings. The van der Waals surface area contributed by atoms with Crippen molar-refractivity contribution in [2.24, 2.45) is 0 Å². The standard InChI is InChI=1S/C18H25BO5/c1-12(21)13-7-8-16(22-6)14(9-13)10-15(11-20)19-23-17(2,3)18(4,5)24-19/h7-10,20H,11H2,1-6H3. The minimum Gasteiger partial charge on any atom is -0.496 e. The number of carbonyl (C=O) groups excluding carboxylic acids is 1. The molecule has 2 rings (SSSR count). The summed E-state index contributed by atoms with van der Waals surface area (Å²) in [7, 11) is 0.916. The van der Waals surface area contributed by atoms with Gasteiger partial charge < -0.3 is 19.2 Å². The highest BCUT2D eigenvalue weighted by molar-refractivity contribution is 6.55. The molecular formula is C18H25BO5. The van der Waals surface area contributed by atoms with Crippen LogP contribution in [0.5, 0.6) is 5.75 Å². The van der Waals surface area contributed by atoms with Crippen molar-refractivity contribution in [3.8, 4) is 5.75 Å². The van der Waals surface area contributed by atoms with E-state index in [-0.39, 0.29) is 12.4 Å². The fourth-order valence-corrected chi connectivity index (χ4v) is 2.45. The van der Waals surface area contributed by atoms with Gasteiger partial charge in [-0.1, -0.05) is 6.08 Å². The van der Waals surface area contributed by atoms with E-state index in [1.807, 2.05) is 27.7 Å². The molecule has 5 nitrogen and oxygen atoms in total. The Hall–Kier alpha value is -1.63. The molecule has 0 bridgehead atoms. The van der Waals surface area contributed by atoms with Crippen molar-refractivity contribution in [3.63, 3.8) is 0 Å². The van der Waals surface area contributed by atoms with Gasteiger partial charge in [0.2, 0.25) is 0 Å². The summed E-state index contributed by atoms with van der Waals surface area (Å²) in [5.41, 5.74) is 0.874. The third-order valence-corrected chi connectivity index (χ3v) is 4.72. The first kappa shape index (κ1) is 18.7. The molecule has 1 fully saturated rings. The predicted molar refractivity (Wildman–Crippen MR) is 94.1 cm³/mol. The number of hydrogen-bond acceptors (Lipinski definition) is 5. The second kappa shape index (κ2) is 6.71. The molecule has 0 atom stereocenters. The van der Waals surface area contributed by atoms with E-state index in [2.05, 4.69) is 0 Å². The van der Waals surface area contributed by atoms with Gasteiger partial charge in [-0.3, -0.25) is 4.79 Å². The van der Waals surface area contributed by atoms with Crippen LogP contribution in [0.2, 0.25) is 0 Å². The van der Waals surface area contributed by atoms with Gasteiger partial charge in [-0.05, 0) is 58.3 Å². The summed E-state index contributed by atoms with van der Waals surface area (Å²) < 4.78 is 17.3. The third kappa shape index (κ3) is 3.56. The summed E-state index contributed by atoms with van der Waals surface area (Å²) >= 11 is 0. The summed E-state index contributed by atoms with van der Waals surface area (Å²) in [4.78, 5) is 11.6. The molecule has 1 heterocycles. The minimum atomic E-state index is -0.648. The van der Waals surface area contributed by atoms with Crippen LogP contribution in [0.15, 0.2) is 23.7 Å². The third-order valence-electron chi connectivity index (χ3n) is 4.72. The zero-order valence-electron chi connectivity index (χ0n) is 15.2. The molecule has 6 heteroatoms. The molecule has 0 aromatic heterocycles. The van der Waals surface area contributed by atoms with Crippen LogP contribution in [0.3, 0.4) is 0 Å². The van der Waals surface area contributed by atoms with E-state index in [1.54, 1.807) is 31.4 Å². The number of carbonyl (C=O) groups is 1. The number of Topliss-reactive ketones (excluding diaryl/α,β-unsaturated/α-hetero) is 1. The molecular weight excluding hydrogens is 307 g/mol. The van der Waals surface area contributed by atoms with E-state index in [0.717, 1.165) is 0 Å². The highest BCUT2D eigenvalue weighted by atomic mass is 16.7. The van der Waals surface area contributed by atoms with Crippen LogP contribution in [0, 0.1) is 0 Å². The number of aliphatic hydroxyl groups is 1. The highest BCUT2D eigenvalue weighted by Crippen LogP contribution is 2.39. The molecule has 24 heavy (non-hydrogen) atoms. The average Bonchev–Trinajstić information content (AvgIpc) is 2.72. The van der Waals surface area contributed by atoms with E-state index in [1.165, 1.54) is 6.92 Å². The Morgan fingerprint density at radius 1 is 1.25 bits per heavy atom. The maximum atomic E-state index is 11.6. The molecule has 0 saturated carbocycles. The van der Waals surface area contributed by atoms with E-state index in [0.29, 0.717) is 22.3 Å². The topological polar surface area (TPSA) is 65.0 Å². The average molecular weight is 332 g/mol. The summed E-state index contributed by atoms with van der Waals surface area (Å²) in [5.74, 6) is 0.580. The van der Waals surface area contributed by atoms with Gasteiger partial charge in [0.15, 0.2) is 5.78 Å². The Bertz CT molecular complexity index is 647. The number of ketones is 1. The molecule has 1 N–H and O–H groups in total. The second-order valence-corrected chi connectivity index (χ2v) is 6.98. The van der Waals surface area contributed by atoms with E-state index in [9.17, 15) is 9.90 Å². The smallest absolute Gasteiger partial charge is 0.492 e. The Morgan fingerprint density at radius 2 is 1.83 bits per heavy atom. The molecule has 0 spiro atoms. The van der Waals surface area contributed by atoms with Crippen molar-refractivity contribution in [3.05, 3.63) is 34.8 Å². The van der Waals surface area contributed by atoms with Crippen LogP contribution in [-0.4, -0.2) is 42.9 Å². The fraction of sp³-hybridized carbons (Fsp3) is 0.500. The van der Waals surface area contributed by atoms with Crippen molar-refractivity contribution < 1.29 is 23.9 Å². The van der Waals surface area contributed by atoms with Crippen LogP contribution in [0.4, 0.5) is 0 Å². The quantitative estimate of drug-likeness (QED) is 0.663. The maximum Gasteiger partial charge on any atom is 0.492 e. The van der Waals surface area contributed by atoms with Crippen molar-refractivity contribution in [1.29, 1.82) is 0 Å². The van der Waals surface area contributed by atoms with Crippen molar-refractivity contribution in [1.82, 2.24) is 0 Å². The Labute approximate surface area is 143 Å². The highest BCUT2D eigenvalue weighted by Gasteiger charge is 2.52. The number of benzene rings is 1. The molecule has 1 aliphatic rings. The van der Waals surface area contributed by atoms with Crippen LogP contribution < -0.4 is 4.74 Å². The summed E-state index contributed by atoms with van der Waals surface area (Å²) in [6, 6.07) is 5.19. The lowest BCUT2D eigenvalue weighted by Crippen LogP contribution is -2.41. The van der Waals surface area contributed by atoms with Crippen molar-refractivity contribution in [2.75, 3.05) is 13.7 Å². The number of aliphatic hydroxyl groups excluding tert-OH is 1. The molecule has 130 valence electrons. The Balaban J connectivity index is 2.41. The van der Waals surface area contributed by atoms with Gasteiger partial charge in [-0.15, -0.1) is 0 Å². The lowest BCUT2D eigenvalue weighted by atomic mass is 9.77. The molecule has 1 aromatic carbocycles. The molecule has 0 amide bonds. The number of hydrogen-bond donors (Lipinski definition) is 1. The molecule has 0 aliphatic carbocycles. The molecule has 0 radical (unpaired) electrons. The Kier molecular flexibility index (Phi) is 5.23. The van der Waals surface area contributed by atoms with Crippen LogP contribution in [0.1, 0.15) is 50.5 Å². The fourth-order valence-electron chi connectivity index (χ4n) is 2.45. The van der Waals surface area contributed by atoms with Gasteiger partial charge in [0, 0.05) is 11.1 Å². The maximum absolute atomic E-state index is 11.6. The van der Waals surface area contributed by atoms with Crippen LogP contribution in [0.25, 0.3) is 6.08 Å². The predicted octanol–water partition coefficient (Wildman–Crippen LogP) is 2.90. The second-order valence-electron chi connectivity index (χ2n) is 6.98. The zero-order chi connectivity index (χ0) is 18.1. The first-order valence-electron chi connectivity index (χ1n) is 7.97. The van der Waals surface area contributed by atoms with Crippen LogP contribution in [-0.2, 0) is 9.31 Å². The summed E-state index contributed by atoms with van der Waals surface area (Å²) in [6.45, 7) is 9.12. The largest absolute Gasteiger partial charge is 0.496 e. The van der Waals surface area contributed by atoms with Gasteiger partial charge >= 0.3 is 7.12 Å². The van der Waals surface area contributed by atoms with E-state index >= 15 is 0 Å². The minimum absolute atomic E-state index is 0.0338. The summed E-state index contributed by atoms with van der Waals surface area (Å²) in [6.07, 6.45) is 1.76. The van der Waals surface area contributed by atoms with Crippen molar-refractivity contribution >= 4 is 19.0 Å². The molecule has 1 saturated heterocycles. The first-order chi connectivity index (χ1) is 11.1. The van der Waals surface area contributed by atoms with Gasteiger partial charge in [0.1, 0.15) is 5.75 Å². The zero-order valence-corrected chi connectivity index (χ0v) is 15.2. The number of rotatable bonds is 5. The van der Waals surface area contributed by atoms with Crippen molar-refractivity contribution in [2.45, 2.75) is 45.8 Å². The monoisotopic (exact) mass is 332 g/mol. The van der Waals surface area contributed by atoms with Gasteiger partial charge in [0.25, 0.3) is 0 Å². The molecule has 0 unspecified atom stereocenters. The summed E-state index contributed by atoms with van der Waals surface area (Å²) in [5, 5.41) is 9.79. The number of ether oxygens (including phenoxy) is 1. The first-order valence-corrected chi connectivity index (χ1v) is 7.97. The number of methoxy groups -OCH3 is 1. The van der Waals surface area contributed by atoms with Gasteiger partial charge in [0.05, 0.1) is 24.9 Å². The van der Waals surface area contributed by atoms with E-state index < -0.39 is 18.3 Å². The van der Waals surface area contributed by atoms with Gasteiger partial charge in [-0.2, -0.15) is 0 Å². The van der Waals surface area contributed by atoms with Crippen LogP contribution >= 0.6 is 0 Å². The normalized spacial score (nSPS) is 19.5. The Morgan fingerprint density at radius 3 is 2.29 bits per heavy atom. The lowest BCUT2D eigenvalue weighted by Gasteiger charge is -2.32. The lowest BCUT2D eigenvalue weighted by molar-refractivity contribution is 0.00578. The SMILES string of the molecule is COc1ccc(C(C)=O)cc1C=C(CO)B1OC(C)(C)C(C)(C)O1. The van der Waals surface area contributed by atoms with Gasteiger partial charge in [-0.25, -0.2) is 0 Å².